The van der Waals surface area contributed by atoms with Crippen LogP contribution >= 0.6 is 0 Å². The molecular formula is C25H44N2O7S. The van der Waals surface area contributed by atoms with Gasteiger partial charge in [-0.15, -0.1) is 0 Å². The van der Waals surface area contributed by atoms with Crippen molar-refractivity contribution in [3.63, 3.8) is 0 Å². The lowest BCUT2D eigenvalue weighted by atomic mass is 9.87. The number of piperidine rings is 1. The first kappa shape index (κ1) is 28.3. The molecule has 3 aliphatic rings. The Balaban J connectivity index is 1.87. The van der Waals surface area contributed by atoms with Crippen LogP contribution < -0.4 is 0 Å². The normalized spacial score (nSPS) is 27.3. The van der Waals surface area contributed by atoms with Gasteiger partial charge in [-0.3, -0.25) is 14.6 Å². The van der Waals surface area contributed by atoms with Gasteiger partial charge in [-0.1, -0.05) is 0 Å². The zero-order valence-corrected chi connectivity index (χ0v) is 22.9. The topological polar surface area (TPSA) is 102 Å². The number of nitrogens with zero attached hydrogens (tertiary/aromatic N) is 2. The number of hydrogen-bond acceptors (Lipinski definition) is 9. The van der Waals surface area contributed by atoms with Crippen LogP contribution in [0.2, 0.25) is 0 Å². The van der Waals surface area contributed by atoms with Gasteiger partial charge in [0.25, 0.3) is 5.85 Å². The standard InChI is InChI=1S/C25H44N2O7S/c1-6-32-22(28)19-9-11-20(12-10-19)33-25(26-15-7-8-16-26,23(29)34-24(2,3)4)27-17-13-21(14-18-27)35(5,30)31/h19-21H,6-18H2,1-5H3. The maximum Gasteiger partial charge on any atom is 0.371 e. The van der Waals surface area contributed by atoms with E-state index < -0.39 is 32.5 Å². The van der Waals surface area contributed by atoms with Crippen molar-refractivity contribution in [2.45, 2.75) is 102 Å². The largest absolute Gasteiger partial charge is 0.466 e. The van der Waals surface area contributed by atoms with Gasteiger partial charge in [0.2, 0.25) is 0 Å². The predicted molar refractivity (Wildman–Crippen MR) is 132 cm³/mol. The Labute approximate surface area is 210 Å². The predicted octanol–water partition coefficient (Wildman–Crippen LogP) is 2.73. The van der Waals surface area contributed by atoms with E-state index in [0.29, 0.717) is 71.3 Å². The smallest absolute Gasteiger partial charge is 0.371 e. The van der Waals surface area contributed by atoms with E-state index in [4.69, 9.17) is 14.2 Å². The van der Waals surface area contributed by atoms with E-state index in [1.807, 2.05) is 32.6 Å². The summed E-state index contributed by atoms with van der Waals surface area (Å²) in [6.07, 6.45) is 6.53. The summed E-state index contributed by atoms with van der Waals surface area (Å²) in [5.41, 5.74) is -0.696. The van der Waals surface area contributed by atoms with Crippen LogP contribution in [-0.4, -0.2) is 92.0 Å². The number of carbonyl (C=O) groups is 2. The highest BCUT2D eigenvalue weighted by molar-refractivity contribution is 7.91. The Morgan fingerprint density at radius 1 is 0.886 bits per heavy atom. The van der Waals surface area contributed by atoms with E-state index in [1.54, 1.807) is 0 Å². The molecule has 0 aromatic heterocycles. The molecule has 3 fully saturated rings. The Morgan fingerprint density at radius 3 is 1.91 bits per heavy atom. The van der Waals surface area contributed by atoms with Gasteiger partial charge in [-0.25, -0.2) is 13.2 Å². The molecule has 0 radical (unpaired) electrons. The number of hydrogen-bond donors (Lipinski definition) is 0. The van der Waals surface area contributed by atoms with Gasteiger partial charge >= 0.3 is 11.9 Å². The van der Waals surface area contributed by atoms with E-state index in [9.17, 15) is 18.0 Å². The first-order chi connectivity index (χ1) is 16.4. The lowest BCUT2D eigenvalue weighted by Crippen LogP contribution is -2.70. The SMILES string of the molecule is CCOC(=O)C1CCC(OC(C(=O)OC(C)(C)C)(N2CCCC2)N2CCC(S(C)(=O)=O)CC2)CC1. The van der Waals surface area contributed by atoms with Crippen LogP contribution in [0.15, 0.2) is 0 Å². The third-order valence-corrected chi connectivity index (χ3v) is 8.98. The van der Waals surface area contributed by atoms with Gasteiger partial charge in [0.15, 0.2) is 0 Å². The maximum atomic E-state index is 14.0. The molecule has 2 heterocycles. The van der Waals surface area contributed by atoms with Crippen LogP contribution in [0.5, 0.6) is 0 Å². The molecule has 0 N–H and O–H groups in total. The number of likely N-dealkylation sites (tertiary alicyclic amines) is 2. The van der Waals surface area contributed by atoms with Crippen molar-refractivity contribution in [1.82, 2.24) is 9.80 Å². The Bertz CT molecular complexity index is 834. The molecule has 9 nitrogen and oxygen atoms in total. The number of carbonyl (C=O) groups excluding carboxylic acids is 2. The lowest BCUT2D eigenvalue weighted by molar-refractivity contribution is -0.279. The molecule has 10 heteroatoms. The second-order valence-electron chi connectivity index (χ2n) is 11.2. The van der Waals surface area contributed by atoms with Crippen molar-refractivity contribution in [2.75, 3.05) is 39.0 Å². The highest BCUT2D eigenvalue weighted by atomic mass is 32.2. The van der Waals surface area contributed by atoms with Gasteiger partial charge < -0.3 is 14.2 Å². The summed E-state index contributed by atoms with van der Waals surface area (Å²) >= 11 is 0. The molecule has 1 unspecified atom stereocenters. The first-order valence-corrected chi connectivity index (χ1v) is 15.1. The summed E-state index contributed by atoms with van der Waals surface area (Å²) in [7, 11) is -3.15. The molecule has 202 valence electrons. The molecule has 1 atom stereocenters. The molecule has 35 heavy (non-hydrogen) atoms. The van der Waals surface area contributed by atoms with Crippen molar-refractivity contribution in [2.24, 2.45) is 5.92 Å². The molecule has 1 aliphatic carbocycles. The van der Waals surface area contributed by atoms with Crippen molar-refractivity contribution >= 4 is 21.8 Å². The van der Waals surface area contributed by atoms with E-state index in [2.05, 4.69) is 4.90 Å². The molecule has 0 aromatic rings. The number of esters is 2. The molecular weight excluding hydrogens is 472 g/mol. The minimum absolute atomic E-state index is 0.136. The van der Waals surface area contributed by atoms with Gasteiger partial charge in [-0.2, -0.15) is 0 Å². The monoisotopic (exact) mass is 516 g/mol. The van der Waals surface area contributed by atoms with E-state index >= 15 is 0 Å². The molecule has 3 rings (SSSR count). The van der Waals surface area contributed by atoms with Crippen LogP contribution in [0.3, 0.4) is 0 Å². The highest BCUT2D eigenvalue weighted by Crippen LogP contribution is 2.38. The third kappa shape index (κ3) is 6.96. The number of rotatable bonds is 8. The third-order valence-electron chi connectivity index (χ3n) is 7.30. The van der Waals surface area contributed by atoms with Crippen LogP contribution in [0.4, 0.5) is 0 Å². The van der Waals surface area contributed by atoms with Crippen LogP contribution in [0, 0.1) is 5.92 Å². The Hall–Kier alpha value is -1.23. The minimum atomic E-state index is -3.15. The second kappa shape index (κ2) is 11.4. The quantitative estimate of drug-likeness (QED) is 0.451. The zero-order valence-electron chi connectivity index (χ0n) is 22.1. The fourth-order valence-corrected chi connectivity index (χ4v) is 6.58. The van der Waals surface area contributed by atoms with Crippen molar-refractivity contribution in [3.05, 3.63) is 0 Å². The molecule has 2 saturated heterocycles. The van der Waals surface area contributed by atoms with Gasteiger partial charge in [0, 0.05) is 32.4 Å². The lowest BCUT2D eigenvalue weighted by Gasteiger charge is -2.51. The van der Waals surface area contributed by atoms with Crippen LogP contribution in [-0.2, 0) is 33.6 Å². The summed E-state index contributed by atoms with van der Waals surface area (Å²) in [5, 5.41) is -0.409. The fraction of sp³-hybridized carbons (Fsp3) is 0.920. The summed E-state index contributed by atoms with van der Waals surface area (Å²) in [4.78, 5) is 30.3. The molecule has 0 aromatic carbocycles. The molecule has 0 amide bonds. The molecule has 0 bridgehead atoms. The number of sulfone groups is 1. The molecule has 2 aliphatic heterocycles. The average molecular weight is 517 g/mol. The summed E-state index contributed by atoms with van der Waals surface area (Å²) in [5.74, 6) is -2.12. The highest BCUT2D eigenvalue weighted by Gasteiger charge is 2.56. The Kier molecular flexibility index (Phi) is 9.26. The van der Waals surface area contributed by atoms with Gasteiger partial charge in [0.05, 0.1) is 23.9 Å². The maximum absolute atomic E-state index is 14.0. The van der Waals surface area contributed by atoms with Crippen molar-refractivity contribution in [3.8, 4) is 0 Å². The summed E-state index contributed by atoms with van der Waals surface area (Å²) in [6, 6.07) is 0. The van der Waals surface area contributed by atoms with E-state index in [-0.39, 0.29) is 18.0 Å². The zero-order chi connectivity index (χ0) is 25.9. The average Bonchev–Trinajstić information content (AvgIpc) is 3.31. The molecule has 0 spiro atoms. The van der Waals surface area contributed by atoms with Gasteiger partial charge in [-0.05, 0) is 79.1 Å². The second-order valence-corrected chi connectivity index (χ2v) is 13.5. The Morgan fingerprint density at radius 2 is 1.43 bits per heavy atom. The van der Waals surface area contributed by atoms with Crippen LogP contribution in [0.25, 0.3) is 0 Å². The van der Waals surface area contributed by atoms with Gasteiger partial charge in [0.1, 0.15) is 15.4 Å². The fourth-order valence-electron chi connectivity index (χ4n) is 5.52. The van der Waals surface area contributed by atoms with E-state index in [0.717, 1.165) is 12.8 Å². The summed E-state index contributed by atoms with van der Waals surface area (Å²) < 4.78 is 42.3. The summed E-state index contributed by atoms with van der Waals surface area (Å²) in [6.45, 7) is 10.0. The molecule has 1 saturated carbocycles. The minimum Gasteiger partial charge on any atom is -0.466 e. The van der Waals surface area contributed by atoms with Crippen LogP contribution in [0.1, 0.15) is 79.1 Å². The van der Waals surface area contributed by atoms with Crippen molar-refractivity contribution < 1.29 is 32.2 Å². The van der Waals surface area contributed by atoms with E-state index in [1.165, 1.54) is 6.26 Å². The number of ether oxygens (including phenoxy) is 3. The first-order valence-electron chi connectivity index (χ1n) is 13.1. The van der Waals surface area contributed by atoms with Crippen molar-refractivity contribution in [1.29, 1.82) is 0 Å².